The van der Waals surface area contributed by atoms with Gasteiger partial charge in [-0.1, -0.05) is 13.8 Å². The maximum atomic E-state index is 12.2. The highest BCUT2D eigenvalue weighted by molar-refractivity contribution is 7.89. The van der Waals surface area contributed by atoms with Crippen molar-refractivity contribution in [1.82, 2.24) is 9.21 Å². The molecule has 1 rings (SSSR count). The van der Waals surface area contributed by atoms with Gasteiger partial charge in [0.25, 0.3) is 0 Å². The highest BCUT2D eigenvalue weighted by Crippen LogP contribution is 2.18. The van der Waals surface area contributed by atoms with Crippen LogP contribution in [0.1, 0.15) is 34.1 Å². The first-order valence-electron chi connectivity index (χ1n) is 6.83. The smallest absolute Gasteiger partial charge is 0.214 e. The van der Waals surface area contributed by atoms with Gasteiger partial charge in [-0.15, -0.1) is 0 Å². The minimum atomic E-state index is -3.13. The number of hydrogen-bond donors (Lipinski definition) is 0. The van der Waals surface area contributed by atoms with Gasteiger partial charge >= 0.3 is 0 Å². The molecule has 0 atom stereocenters. The summed E-state index contributed by atoms with van der Waals surface area (Å²) in [5, 5.41) is 9.09. The lowest BCUT2D eigenvalue weighted by Gasteiger charge is -2.39. The first-order valence-corrected chi connectivity index (χ1v) is 8.44. The molecule has 0 aliphatic carbocycles. The Morgan fingerprint density at radius 1 is 1.21 bits per heavy atom. The minimum absolute atomic E-state index is 0.228. The van der Waals surface area contributed by atoms with E-state index >= 15 is 0 Å². The Morgan fingerprint density at radius 3 is 2.16 bits per heavy atom. The molecule has 1 fully saturated rings. The molecule has 0 saturated carbocycles. The fourth-order valence-electron chi connectivity index (χ4n) is 2.11. The van der Waals surface area contributed by atoms with Crippen LogP contribution in [0, 0.1) is 17.2 Å². The molecule has 0 spiro atoms. The van der Waals surface area contributed by atoms with E-state index in [-0.39, 0.29) is 5.75 Å². The van der Waals surface area contributed by atoms with Crippen molar-refractivity contribution in [1.29, 1.82) is 5.26 Å². The van der Waals surface area contributed by atoms with E-state index in [0.29, 0.717) is 38.5 Å². The van der Waals surface area contributed by atoms with Crippen molar-refractivity contribution >= 4 is 10.0 Å². The number of sulfonamides is 1. The van der Waals surface area contributed by atoms with Crippen LogP contribution in [-0.4, -0.2) is 55.1 Å². The average molecular weight is 287 g/mol. The third kappa shape index (κ3) is 4.44. The van der Waals surface area contributed by atoms with Gasteiger partial charge in [-0.25, -0.2) is 8.42 Å². The van der Waals surface area contributed by atoms with Crippen LogP contribution in [0.2, 0.25) is 0 Å². The minimum Gasteiger partial charge on any atom is -0.283 e. The number of rotatable bonds is 5. The molecule has 1 aliphatic heterocycles. The van der Waals surface area contributed by atoms with E-state index in [9.17, 15) is 8.42 Å². The Hall–Kier alpha value is -0.640. The Kier molecular flexibility index (Phi) is 5.36. The summed E-state index contributed by atoms with van der Waals surface area (Å²) in [7, 11) is -3.13. The average Bonchev–Trinajstić information content (AvgIpc) is 2.37. The van der Waals surface area contributed by atoms with Gasteiger partial charge in [-0.2, -0.15) is 9.57 Å². The van der Waals surface area contributed by atoms with Crippen LogP contribution in [0.25, 0.3) is 0 Å². The highest BCUT2D eigenvalue weighted by Gasteiger charge is 2.33. The summed E-state index contributed by atoms with van der Waals surface area (Å²) < 4.78 is 25.9. The first-order chi connectivity index (χ1) is 8.69. The van der Waals surface area contributed by atoms with Crippen LogP contribution in [0.15, 0.2) is 0 Å². The molecule has 1 aliphatic rings. The van der Waals surface area contributed by atoms with Crippen molar-refractivity contribution in [3.8, 4) is 6.07 Å². The van der Waals surface area contributed by atoms with E-state index in [1.165, 1.54) is 0 Å². The van der Waals surface area contributed by atoms with Gasteiger partial charge < -0.3 is 0 Å². The second-order valence-corrected chi connectivity index (χ2v) is 8.14. The maximum Gasteiger partial charge on any atom is 0.214 e. The predicted molar refractivity (Wildman–Crippen MR) is 76.1 cm³/mol. The molecular weight excluding hydrogens is 262 g/mol. The van der Waals surface area contributed by atoms with Crippen LogP contribution >= 0.6 is 0 Å². The Bertz CT molecular complexity index is 429. The molecule has 0 unspecified atom stereocenters. The monoisotopic (exact) mass is 287 g/mol. The van der Waals surface area contributed by atoms with Crippen molar-refractivity contribution in [2.45, 2.75) is 39.7 Å². The molecule has 0 radical (unpaired) electrons. The van der Waals surface area contributed by atoms with Crippen molar-refractivity contribution in [2.24, 2.45) is 5.92 Å². The Labute approximate surface area is 117 Å². The standard InChI is InChI=1S/C13H25N3O2S/c1-12(2)5-10-19(17,18)16-8-6-15(7-9-16)13(3,4)11-14/h12H,5-10H2,1-4H3. The molecule has 1 heterocycles. The third-order valence-corrected chi connectivity index (χ3v) is 5.55. The lowest BCUT2D eigenvalue weighted by molar-refractivity contribution is 0.115. The Morgan fingerprint density at radius 2 is 1.74 bits per heavy atom. The summed E-state index contributed by atoms with van der Waals surface area (Å²) in [6.07, 6.45) is 0.701. The maximum absolute atomic E-state index is 12.2. The summed E-state index contributed by atoms with van der Waals surface area (Å²) in [5.74, 6) is 0.625. The van der Waals surface area contributed by atoms with Crippen LogP contribution in [-0.2, 0) is 10.0 Å². The van der Waals surface area contributed by atoms with E-state index < -0.39 is 15.6 Å². The summed E-state index contributed by atoms with van der Waals surface area (Å²) in [6.45, 7) is 10.0. The van der Waals surface area contributed by atoms with Crippen molar-refractivity contribution in [3.63, 3.8) is 0 Å². The summed E-state index contributed by atoms with van der Waals surface area (Å²) in [4.78, 5) is 2.04. The second kappa shape index (κ2) is 6.21. The van der Waals surface area contributed by atoms with Crippen molar-refractivity contribution < 1.29 is 8.42 Å². The van der Waals surface area contributed by atoms with Gasteiger partial charge in [0.1, 0.15) is 5.54 Å². The molecule has 0 N–H and O–H groups in total. The summed E-state index contributed by atoms with van der Waals surface area (Å²) in [6, 6.07) is 2.26. The number of piperazine rings is 1. The molecule has 0 aromatic rings. The molecule has 19 heavy (non-hydrogen) atoms. The van der Waals surface area contributed by atoms with Crippen LogP contribution in [0.3, 0.4) is 0 Å². The van der Waals surface area contributed by atoms with E-state index in [1.807, 2.05) is 32.6 Å². The van der Waals surface area contributed by atoms with Crippen LogP contribution in [0.4, 0.5) is 0 Å². The SMILES string of the molecule is CC(C)CCS(=O)(=O)N1CCN(C(C)(C)C#N)CC1. The van der Waals surface area contributed by atoms with E-state index in [1.54, 1.807) is 4.31 Å². The first kappa shape index (κ1) is 16.4. The zero-order valence-corrected chi connectivity index (χ0v) is 13.2. The number of nitriles is 1. The van der Waals surface area contributed by atoms with Crippen LogP contribution in [0.5, 0.6) is 0 Å². The molecule has 0 bridgehead atoms. The van der Waals surface area contributed by atoms with Crippen LogP contribution < -0.4 is 0 Å². The van der Waals surface area contributed by atoms with Gasteiger partial charge in [-0.3, -0.25) is 4.90 Å². The molecule has 1 saturated heterocycles. The zero-order valence-electron chi connectivity index (χ0n) is 12.4. The molecular formula is C13H25N3O2S. The molecule has 0 aromatic carbocycles. The number of hydrogen-bond acceptors (Lipinski definition) is 4. The second-order valence-electron chi connectivity index (χ2n) is 6.06. The lowest BCUT2D eigenvalue weighted by Crippen LogP contribution is -2.55. The van der Waals surface area contributed by atoms with E-state index in [2.05, 4.69) is 6.07 Å². The lowest BCUT2D eigenvalue weighted by atomic mass is 10.0. The molecule has 0 amide bonds. The summed E-state index contributed by atoms with van der Waals surface area (Å²) >= 11 is 0. The predicted octanol–water partition coefficient (Wildman–Crippen LogP) is 1.28. The fourth-order valence-corrected chi connectivity index (χ4v) is 3.86. The highest BCUT2D eigenvalue weighted by atomic mass is 32.2. The van der Waals surface area contributed by atoms with Gasteiger partial charge in [0.15, 0.2) is 0 Å². The van der Waals surface area contributed by atoms with Gasteiger partial charge in [0.2, 0.25) is 10.0 Å². The van der Waals surface area contributed by atoms with E-state index in [0.717, 1.165) is 0 Å². The molecule has 5 nitrogen and oxygen atoms in total. The Balaban J connectivity index is 2.57. The fraction of sp³-hybridized carbons (Fsp3) is 0.923. The quantitative estimate of drug-likeness (QED) is 0.764. The topological polar surface area (TPSA) is 64.4 Å². The molecule has 110 valence electrons. The van der Waals surface area contributed by atoms with E-state index in [4.69, 9.17) is 5.26 Å². The van der Waals surface area contributed by atoms with Gasteiger partial charge in [0.05, 0.1) is 11.8 Å². The zero-order chi connectivity index (χ0) is 14.7. The molecule has 0 aromatic heterocycles. The molecule has 6 heteroatoms. The summed E-state index contributed by atoms with van der Waals surface area (Å²) in [5.41, 5.74) is -0.520. The van der Waals surface area contributed by atoms with Gasteiger partial charge in [0, 0.05) is 26.2 Å². The number of nitrogens with zero attached hydrogens (tertiary/aromatic N) is 3. The van der Waals surface area contributed by atoms with Crippen molar-refractivity contribution in [3.05, 3.63) is 0 Å². The largest absolute Gasteiger partial charge is 0.283 e. The third-order valence-electron chi connectivity index (χ3n) is 3.65. The van der Waals surface area contributed by atoms with Crippen molar-refractivity contribution in [2.75, 3.05) is 31.9 Å². The normalized spacial score (nSPS) is 19.6. The van der Waals surface area contributed by atoms with Gasteiger partial charge in [-0.05, 0) is 26.2 Å².